The fourth-order valence-electron chi connectivity index (χ4n) is 3.13. The Bertz CT molecular complexity index is 1230. The average molecular weight is 507 g/mol. The molecule has 1 N–H and O–H groups in total. The Morgan fingerprint density at radius 2 is 1.73 bits per heavy atom. The minimum absolute atomic E-state index is 0.0840. The van der Waals surface area contributed by atoms with Crippen molar-refractivity contribution in [2.45, 2.75) is 25.3 Å². The highest BCUT2D eigenvalue weighted by molar-refractivity contribution is 7.89. The Labute approximate surface area is 204 Å². The van der Waals surface area contributed by atoms with Gasteiger partial charge in [0, 0.05) is 16.6 Å². The molecule has 0 fully saturated rings. The van der Waals surface area contributed by atoms with Gasteiger partial charge >= 0.3 is 0 Å². The summed E-state index contributed by atoms with van der Waals surface area (Å²) in [5.41, 5.74) is 1.91. The second-order valence-electron chi connectivity index (χ2n) is 7.30. The number of benzene rings is 3. The molecule has 6 nitrogen and oxygen atoms in total. The van der Waals surface area contributed by atoms with Crippen LogP contribution in [0.2, 0.25) is 10.0 Å². The molecule has 0 aliphatic heterocycles. The first-order valence-corrected chi connectivity index (χ1v) is 12.4. The van der Waals surface area contributed by atoms with E-state index in [1.54, 1.807) is 48.5 Å². The third-order valence-electron chi connectivity index (χ3n) is 4.80. The highest BCUT2D eigenvalue weighted by atomic mass is 35.5. The van der Waals surface area contributed by atoms with Crippen LogP contribution >= 0.6 is 23.2 Å². The second kappa shape index (κ2) is 11.0. The number of amides is 1. The molecule has 0 aliphatic rings. The van der Waals surface area contributed by atoms with Crippen molar-refractivity contribution in [2.75, 3.05) is 18.5 Å². The van der Waals surface area contributed by atoms with Gasteiger partial charge in [0.15, 0.2) is 0 Å². The van der Waals surface area contributed by atoms with E-state index in [-0.39, 0.29) is 11.4 Å². The maximum Gasteiger partial charge on any atom is 0.243 e. The minimum Gasteiger partial charge on any atom is -0.492 e. The first-order valence-electron chi connectivity index (χ1n) is 10.2. The second-order valence-corrected chi connectivity index (χ2v) is 10.1. The molecule has 0 aromatic heterocycles. The summed E-state index contributed by atoms with van der Waals surface area (Å²) in [6, 6.07) is 18.2. The van der Waals surface area contributed by atoms with E-state index >= 15 is 0 Å². The number of nitrogens with one attached hydrogen (secondary N) is 1. The van der Waals surface area contributed by atoms with E-state index in [4.69, 9.17) is 27.9 Å². The number of hydrogen-bond acceptors (Lipinski definition) is 4. The zero-order valence-electron chi connectivity index (χ0n) is 18.2. The zero-order chi connectivity index (χ0) is 24.0. The molecule has 0 aliphatic carbocycles. The Morgan fingerprint density at radius 1 is 1.03 bits per heavy atom. The topological polar surface area (TPSA) is 75.7 Å². The monoisotopic (exact) mass is 506 g/mol. The van der Waals surface area contributed by atoms with Gasteiger partial charge in [-0.2, -0.15) is 4.31 Å². The molecule has 0 saturated heterocycles. The van der Waals surface area contributed by atoms with E-state index in [0.29, 0.717) is 33.7 Å². The lowest BCUT2D eigenvalue weighted by Crippen LogP contribution is -2.37. The minimum atomic E-state index is -4.00. The van der Waals surface area contributed by atoms with Crippen LogP contribution in [0.1, 0.15) is 18.1 Å². The number of nitrogens with zero attached hydrogens (tertiary/aromatic N) is 1. The quantitative estimate of drug-likeness (QED) is 0.413. The predicted molar refractivity (Wildman–Crippen MR) is 131 cm³/mol. The fourth-order valence-corrected chi connectivity index (χ4v) is 4.97. The average Bonchev–Trinajstić information content (AvgIpc) is 2.77. The summed E-state index contributed by atoms with van der Waals surface area (Å²) in [6.45, 7) is 3.60. The van der Waals surface area contributed by atoms with Crippen LogP contribution in [-0.2, 0) is 21.4 Å². The SMILES string of the molecule is CCOc1ccccc1NC(=O)CN(Cc1ccc(Cl)cc1Cl)S(=O)(=O)c1ccc(C)cc1. The molecule has 0 spiro atoms. The van der Waals surface area contributed by atoms with Crippen molar-refractivity contribution in [1.29, 1.82) is 0 Å². The van der Waals surface area contributed by atoms with Gasteiger partial charge in [0.05, 0.1) is 23.7 Å². The van der Waals surface area contributed by atoms with Gasteiger partial charge in [0.25, 0.3) is 0 Å². The van der Waals surface area contributed by atoms with Crippen molar-refractivity contribution < 1.29 is 17.9 Å². The number of rotatable bonds is 9. The normalized spacial score (nSPS) is 11.4. The lowest BCUT2D eigenvalue weighted by Gasteiger charge is -2.23. The number of carbonyl (C=O) groups excluding carboxylic acids is 1. The fraction of sp³-hybridized carbons (Fsp3) is 0.208. The number of halogens is 2. The highest BCUT2D eigenvalue weighted by Gasteiger charge is 2.28. The molecule has 3 aromatic carbocycles. The predicted octanol–water partition coefficient (Wildman–Crippen LogP) is 5.53. The van der Waals surface area contributed by atoms with Crippen molar-refractivity contribution in [3.8, 4) is 5.75 Å². The molecule has 174 valence electrons. The van der Waals surface area contributed by atoms with Gasteiger partial charge in [-0.1, -0.05) is 59.1 Å². The number of carbonyl (C=O) groups is 1. The van der Waals surface area contributed by atoms with E-state index < -0.39 is 22.5 Å². The van der Waals surface area contributed by atoms with Crippen LogP contribution in [0.3, 0.4) is 0 Å². The van der Waals surface area contributed by atoms with Gasteiger partial charge in [0.2, 0.25) is 15.9 Å². The molecular formula is C24H24Cl2N2O4S. The molecule has 1 amide bonds. The van der Waals surface area contributed by atoms with E-state index in [1.165, 1.54) is 18.2 Å². The van der Waals surface area contributed by atoms with Crippen LogP contribution < -0.4 is 10.1 Å². The van der Waals surface area contributed by atoms with Crippen LogP contribution in [0, 0.1) is 6.92 Å². The van der Waals surface area contributed by atoms with Crippen molar-refractivity contribution in [1.82, 2.24) is 4.31 Å². The first kappa shape index (κ1) is 25.1. The van der Waals surface area contributed by atoms with Gasteiger partial charge in [0.1, 0.15) is 5.75 Å². The summed E-state index contributed by atoms with van der Waals surface area (Å²) in [5.74, 6) is -0.00929. The third kappa shape index (κ3) is 6.48. The maximum absolute atomic E-state index is 13.4. The number of para-hydroxylation sites is 2. The summed E-state index contributed by atoms with van der Waals surface area (Å²) < 4.78 is 33.5. The Kier molecular flexibility index (Phi) is 8.37. The smallest absolute Gasteiger partial charge is 0.243 e. The summed E-state index contributed by atoms with van der Waals surface area (Å²) >= 11 is 12.3. The Balaban J connectivity index is 1.91. The van der Waals surface area contributed by atoms with Crippen LogP contribution in [0.5, 0.6) is 5.75 Å². The number of sulfonamides is 1. The van der Waals surface area contributed by atoms with E-state index in [0.717, 1.165) is 9.87 Å². The largest absolute Gasteiger partial charge is 0.492 e. The van der Waals surface area contributed by atoms with Gasteiger partial charge < -0.3 is 10.1 Å². The summed E-state index contributed by atoms with van der Waals surface area (Å²) in [6.07, 6.45) is 0. The molecule has 0 bridgehead atoms. The lowest BCUT2D eigenvalue weighted by atomic mass is 10.2. The van der Waals surface area contributed by atoms with Crippen molar-refractivity contribution in [3.63, 3.8) is 0 Å². The van der Waals surface area contributed by atoms with Crippen LogP contribution in [0.15, 0.2) is 71.6 Å². The van der Waals surface area contributed by atoms with E-state index in [9.17, 15) is 13.2 Å². The molecule has 0 unspecified atom stereocenters. The van der Waals surface area contributed by atoms with Crippen LogP contribution in [0.4, 0.5) is 5.69 Å². The number of ether oxygens (including phenoxy) is 1. The Morgan fingerprint density at radius 3 is 2.39 bits per heavy atom. The number of anilines is 1. The number of aryl methyl sites for hydroxylation is 1. The molecular weight excluding hydrogens is 483 g/mol. The molecule has 0 saturated carbocycles. The molecule has 0 atom stereocenters. The van der Waals surface area contributed by atoms with Crippen molar-refractivity contribution in [2.24, 2.45) is 0 Å². The molecule has 33 heavy (non-hydrogen) atoms. The Hall–Kier alpha value is -2.58. The van der Waals surface area contributed by atoms with E-state index in [2.05, 4.69) is 5.32 Å². The van der Waals surface area contributed by atoms with Crippen molar-refractivity contribution in [3.05, 3.63) is 87.9 Å². The summed E-state index contributed by atoms with van der Waals surface area (Å²) in [4.78, 5) is 13.0. The molecule has 0 heterocycles. The third-order valence-corrected chi connectivity index (χ3v) is 7.19. The first-order chi connectivity index (χ1) is 15.7. The van der Waals surface area contributed by atoms with Crippen molar-refractivity contribution >= 4 is 44.8 Å². The van der Waals surface area contributed by atoms with Crippen LogP contribution in [-0.4, -0.2) is 31.8 Å². The summed E-state index contributed by atoms with van der Waals surface area (Å²) in [5, 5.41) is 3.49. The number of hydrogen-bond donors (Lipinski definition) is 1. The van der Waals surface area contributed by atoms with Gasteiger partial charge in [-0.05, 0) is 55.8 Å². The summed E-state index contributed by atoms with van der Waals surface area (Å²) in [7, 11) is -4.00. The van der Waals surface area contributed by atoms with Crippen LogP contribution in [0.25, 0.3) is 0 Å². The van der Waals surface area contributed by atoms with Gasteiger partial charge in [-0.25, -0.2) is 8.42 Å². The lowest BCUT2D eigenvalue weighted by molar-refractivity contribution is -0.116. The standard InChI is InChI=1S/C24H24Cl2N2O4S/c1-3-32-23-7-5-4-6-22(23)27-24(29)16-28(15-18-10-11-19(25)14-21(18)26)33(30,31)20-12-8-17(2)9-13-20/h4-14H,3,15-16H2,1-2H3,(H,27,29). The molecule has 3 aromatic rings. The maximum atomic E-state index is 13.4. The highest BCUT2D eigenvalue weighted by Crippen LogP contribution is 2.27. The van der Waals surface area contributed by atoms with Gasteiger partial charge in [-0.15, -0.1) is 0 Å². The van der Waals surface area contributed by atoms with Gasteiger partial charge in [-0.3, -0.25) is 4.79 Å². The van der Waals surface area contributed by atoms with E-state index in [1.807, 2.05) is 13.8 Å². The molecule has 3 rings (SSSR count). The molecule has 9 heteroatoms. The zero-order valence-corrected chi connectivity index (χ0v) is 20.5. The molecule has 0 radical (unpaired) electrons.